The summed E-state index contributed by atoms with van der Waals surface area (Å²) in [5, 5.41) is 12.0. The number of nitrogens with one attached hydrogen (secondary N) is 1. The Morgan fingerprint density at radius 1 is 1.13 bits per heavy atom. The highest BCUT2D eigenvalue weighted by molar-refractivity contribution is 5.92. The Hall–Kier alpha value is -3.49. The van der Waals surface area contributed by atoms with Crippen molar-refractivity contribution in [3.05, 3.63) is 58.8 Å². The molecule has 4 heterocycles. The van der Waals surface area contributed by atoms with E-state index in [0.29, 0.717) is 18.2 Å². The molecule has 0 atom stereocenters. The summed E-state index contributed by atoms with van der Waals surface area (Å²) in [5.41, 5.74) is 1.89. The average molecular weight is 420 g/mol. The minimum atomic E-state index is -0.178. The highest BCUT2D eigenvalue weighted by Crippen LogP contribution is 2.28. The van der Waals surface area contributed by atoms with Crippen molar-refractivity contribution in [1.82, 2.24) is 29.9 Å². The third kappa shape index (κ3) is 4.08. The molecule has 0 radical (unpaired) electrons. The van der Waals surface area contributed by atoms with Crippen molar-refractivity contribution in [2.75, 3.05) is 6.61 Å². The van der Waals surface area contributed by atoms with Crippen LogP contribution >= 0.6 is 0 Å². The van der Waals surface area contributed by atoms with Crippen LogP contribution in [0, 0.1) is 0 Å². The van der Waals surface area contributed by atoms with Crippen LogP contribution in [0.4, 0.5) is 0 Å². The molecule has 5 rings (SSSR count). The van der Waals surface area contributed by atoms with Crippen LogP contribution in [0.25, 0.3) is 11.3 Å². The molecule has 0 bridgehead atoms. The van der Waals surface area contributed by atoms with Gasteiger partial charge in [0.25, 0.3) is 11.5 Å². The fraction of sp³-hybridized carbons (Fsp3) is 0.409. The van der Waals surface area contributed by atoms with Gasteiger partial charge in [0, 0.05) is 49.1 Å². The molecule has 0 spiro atoms. The quantitative estimate of drug-likeness (QED) is 0.694. The van der Waals surface area contributed by atoms with E-state index in [1.807, 2.05) is 12.1 Å². The second kappa shape index (κ2) is 8.33. The summed E-state index contributed by atoms with van der Waals surface area (Å²) in [5.74, 6) is 0.474. The van der Waals surface area contributed by atoms with Crippen LogP contribution in [0.3, 0.4) is 0 Å². The number of ether oxygens (including phenoxy) is 1. The Labute approximate surface area is 179 Å². The Balaban J connectivity index is 1.23. The van der Waals surface area contributed by atoms with Crippen LogP contribution in [-0.4, -0.2) is 43.1 Å². The third-order valence-electron chi connectivity index (χ3n) is 5.90. The van der Waals surface area contributed by atoms with Crippen molar-refractivity contribution in [3.8, 4) is 17.1 Å². The fourth-order valence-corrected chi connectivity index (χ4v) is 4.26. The molecule has 1 saturated carbocycles. The lowest BCUT2D eigenvalue weighted by Gasteiger charge is -2.29. The Morgan fingerprint density at radius 2 is 2.00 bits per heavy atom. The van der Waals surface area contributed by atoms with E-state index < -0.39 is 0 Å². The van der Waals surface area contributed by atoms with Gasteiger partial charge in [0.15, 0.2) is 5.69 Å². The number of rotatable bonds is 4. The molecule has 9 nitrogen and oxygen atoms in total. The molecule has 160 valence electrons. The topological polar surface area (TPSA) is 104 Å². The molecule has 31 heavy (non-hydrogen) atoms. The lowest BCUT2D eigenvalue weighted by Crippen LogP contribution is -2.39. The first-order valence-corrected chi connectivity index (χ1v) is 10.7. The van der Waals surface area contributed by atoms with E-state index in [1.54, 1.807) is 40.0 Å². The molecular weight excluding hydrogens is 396 g/mol. The van der Waals surface area contributed by atoms with Crippen molar-refractivity contribution in [3.63, 3.8) is 0 Å². The Kier molecular flexibility index (Phi) is 5.23. The molecule has 1 N–H and O–H groups in total. The van der Waals surface area contributed by atoms with Crippen molar-refractivity contribution in [2.45, 2.75) is 50.7 Å². The van der Waals surface area contributed by atoms with Crippen LogP contribution < -0.4 is 15.6 Å². The maximum atomic E-state index is 12.6. The van der Waals surface area contributed by atoms with Gasteiger partial charge in [-0.1, -0.05) is 0 Å². The predicted octanol–water partition coefficient (Wildman–Crippen LogP) is 2.20. The number of hydrogen-bond acceptors (Lipinski definition) is 6. The minimum Gasteiger partial charge on any atom is -0.478 e. The standard InChI is InChI=1S/C22H24N6O3/c29-20-9-8-18(15-3-1-10-23-14-15)26-28(20)17-6-4-16(5-7-17)24-22(30)19-13-21-27(25-19)11-2-12-31-21/h1,3,8-10,13-14,16-17H,2,4-7,11-12H2,(H,24,30). The number of carbonyl (C=O) groups is 1. The van der Waals surface area contributed by atoms with Crippen LogP contribution in [0.1, 0.15) is 48.6 Å². The van der Waals surface area contributed by atoms with Crippen molar-refractivity contribution < 1.29 is 9.53 Å². The van der Waals surface area contributed by atoms with Gasteiger partial charge in [0.2, 0.25) is 5.88 Å². The van der Waals surface area contributed by atoms with E-state index in [-0.39, 0.29) is 23.6 Å². The Morgan fingerprint density at radius 3 is 2.77 bits per heavy atom. The van der Waals surface area contributed by atoms with Gasteiger partial charge < -0.3 is 10.1 Å². The number of carbonyl (C=O) groups excluding carboxylic acids is 1. The number of aryl methyl sites for hydroxylation is 1. The van der Waals surface area contributed by atoms with E-state index in [0.717, 1.165) is 49.9 Å². The van der Waals surface area contributed by atoms with Gasteiger partial charge in [-0.2, -0.15) is 10.2 Å². The summed E-state index contributed by atoms with van der Waals surface area (Å²) in [6.45, 7) is 1.43. The maximum Gasteiger partial charge on any atom is 0.272 e. The van der Waals surface area contributed by atoms with Crippen molar-refractivity contribution in [2.24, 2.45) is 0 Å². The van der Waals surface area contributed by atoms with Crippen LogP contribution in [0.5, 0.6) is 5.88 Å². The fourth-order valence-electron chi connectivity index (χ4n) is 4.26. The third-order valence-corrected chi connectivity index (χ3v) is 5.90. The molecule has 9 heteroatoms. The van der Waals surface area contributed by atoms with Gasteiger partial charge in [-0.25, -0.2) is 9.36 Å². The van der Waals surface area contributed by atoms with Gasteiger partial charge in [-0.15, -0.1) is 0 Å². The normalized spacial score (nSPS) is 20.5. The minimum absolute atomic E-state index is 0.0191. The molecule has 0 unspecified atom stereocenters. The highest BCUT2D eigenvalue weighted by atomic mass is 16.5. The highest BCUT2D eigenvalue weighted by Gasteiger charge is 2.26. The van der Waals surface area contributed by atoms with Gasteiger partial charge in [0.1, 0.15) is 0 Å². The number of nitrogens with zero attached hydrogens (tertiary/aromatic N) is 5. The van der Waals surface area contributed by atoms with Crippen molar-refractivity contribution >= 4 is 5.91 Å². The number of amides is 1. The molecule has 1 aliphatic carbocycles. The molecule has 2 aliphatic rings. The summed E-state index contributed by atoms with van der Waals surface area (Å²) in [6, 6.07) is 8.85. The van der Waals surface area contributed by atoms with E-state index in [2.05, 4.69) is 20.5 Å². The van der Waals surface area contributed by atoms with Crippen LogP contribution in [-0.2, 0) is 6.54 Å². The van der Waals surface area contributed by atoms with E-state index in [1.165, 1.54) is 0 Å². The summed E-state index contributed by atoms with van der Waals surface area (Å²) in [6.07, 6.45) is 7.46. The van der Waals surface area contributed by atoms with Crippen molar-refractivity contribution in [1.29, 1.82) is 0 Å². The van der Waals surface area contributed by atoms with Gasteiger partial charge in [-0.05, 0) is 43.9 Å². The number of pyridine rings is 1. The second-order valence-electron chi connectivity index (χ2n) is 8.01. The SMILES string of the molecule is O=C(NC1CCC(n2nc(-c3cccnc3)ccc2=O)CC1)c1cc2n(n1)CCCO2. The number of aromatic nitrogens is 5. The first kappa shape index (κ1) is 19.5. The lowest BCUT2D eigenvalue weighted by atomic mass is 9.91. The monoisotopic (exact) mass is 420 g/mol. The van der Waals surface area contributed by atoms with Crippen LogP contribution in [0.2, 0.25) is 0 Å². The van der Waals surface area contributed by atoms with E-state index in [4.69, 9.17) is 4.74 Å². The van der Waals surface area contributed by atoms with Gasteiger partial charge in [0.05, 0.1) is 18.3 Å². The van der Waals surface area contributed by atoms with E-state index in [9.17, 15) is 9.59 Å². The maximum absolute atomic E-state index is 12.6. The zero-order chi connectivity index (χ0) is 21.2. The summed E-state index contributed by atoms with van der Waals surface area (Å²) in [7, 11) is 0. The summed E-state index contributed by atoms with van der Waals surface area (Å²) >= 11 is 0. The molecular formula is C22H24N6O3. The molecule has 1 aliphatic heterocycles. The predicted molar refractivity (Wildman–Crippen MR) is 113 cm³/mol. The van der Waals surface area contributed by atoms with Crippen LogP contribution in [0.15, 0.2) is 47.5 Å². The first-order valence-electron chi connectivity index (χ1n) is 10.7. The van der Waals surface area contributed by atoms with Gasteiger partial charge in [-0.3, -0.25) is 14.6 Å². The zero-order valence-corrected chi connectivity index (χ0v) is 17.1. The second-order valence-corrected chi connectivity index (χ2v) is 8.01. The summed E-state index contributed by atoms with van der Waals surface area (Å²) in [4.78, 5) is 29.2. The first-order chi connectivity index (χ1) is 15.2. The largest absolute Gasteiger partial charge is 0.478 e. The molecule has 0 saturated heterocycles. The molecule has 1 amide bonds. The average Bonchev–Trinajstić information content (AvgIpc) is 3.25. The Bertz CT molecular complexity index is 1110. The van der Waals surface area contributed by atoms with E-state index >= 15 is 0 Å². The molecule has 3 aromatic heterocycles. The molecule has 1 fully saturated rings. The zero-order valence-electron chi connectivity index (χ0n) is 17.1. The smallest absolute Gasteiger partial charge is 0.272 e. The number of hydrogen-bond donors (Lipinski definition) is 1. The molecule has 0 aromatic carbocycles. The lowest BCUT2D eigenvalue weighted by molar-refractivity contribution is 0.0915. The molecule has 3 aromatic rings. The summed E-state index contributed by atoms with van der Waals surface area (Å²) < 4.78 is 8.86. The number of fused-ring (bicyclic) bond motifs is 1. The van der Waals surface area contributed by atoms with Gasteiger partial charge >= 0.3 is 0 Å².